The predicted octanol–water partition coefficient (Wildman–Crippen LogP) is 5.66. The van der Waals surface area contributed by atoms with Crippen LogP contribution < -0.4 is 0 Å². The molecule has 0 unspecified atom stereocenters. The summed E-state index contributed by atoms with van der Waals surface area (Å²) in [5.74, 6) is 0.0655. The first-order valence-electron chi connectivity index (χ1n) is 8.80. The van der Waals surface area contributed by atoms with E-state index in [0.717, 1.165) is 38.5 Å². The molecule has 130 valence electrons. The molecule has 0 saturated heterocycles. The highest BCUT2D eigenvalue weighted by Crippen LogP contribution is 2.27. The van der Waals surface area contributed by atoms with Crippen LogP contribution in [0.1, 0.15) is 86.0 Å². The lowest BCUT2D eigenvalue weighted by molar-refractivity contribution is -0.116. The molecule has 0 radical (unpaired) electrons. The van der Waals surface area contributed by atoms with Crippen LogP contribution in [0.5, 0.6) is 0 Å². The maximum atomic E-state index is 13.3. The number of carbonyl (C=O) groups excluding carboxylic acids is 2. The Balaban J connectivity index is 2.29. The van der Waals surface area contributed by atoms with Crippen molar-refractivity contribution in [1.82, 2.24) is 0 Å². The molecule has 0 aromatic carbocycles. The molecule has 1 rings (SSSR count). The number of allylic oxidation sites excluding steroid dienone is 4. The van der Waals surface area contributed by atoms with Gasteiger partial charge in [0.1, 0.15) is 5.67 Å². The van der Waals surface area contributed by atoms with E-state index < -0.39 is 5.67 Å². The Labute approximate surface area is 140 Å². The van der Waals surface area contributed by atoms with Crippen LogP contribution in [0.4, 0.5) is 4.39 Å². The van der Waals surface area contributed by atoms with E-state index in [-0.39, 0.29) is 11.6 Å². The van der Waals surface area contributed by atoms with Crippen molar-refractivity contribution in [3.8, 4) is 0 Å². The fourth-order valence-electron chi connectivity index (χ4n) is 3.01. The first-order chi connectivity index (χ1) is 10.6. The summed E-state index contributed by atoms with van der Waals surface area (Å²) < 4.78 is 13.3. The number of alkyl halides is 1. The summed E-state index contributed by atoms with van der Waals surface area (Å²) in [5.41, 5.74) is 1.47. The van der Waals surface area contributed by atoms with Gasteiger partial charge in [0.05, 0.1) is 0 Å². The highest BCUT2D eigenvalue weighted by molar-refractivity contribution is 6.24. The maximum absolute atomic E-state index is 13.3. The smallest absolute Gasteiger partial charge is 0.185 e. The maximum Gasteiger partial charge on any atom is 0.185 e. The van der Waals surface area contributed by atoms with E-state index in [1.54, 1.807) is 34.6 Å². The minimum atomic E-state index is -1.05. The summed E-state index contributed by atoms with van der Waals surface area (Å²) in [7, 11) is 0. The van der Waals surface area contributed by atoms with Crippen molar-refractivity contribution in [3.63, 3.8) is 0 Å². The molecular formula is C20H31FO2. The lowest BCUT2D eigenvalue weighted by Gasteiger charge is -2.18. The van der Waals surface area contributed by atoms with E-state index in [2.05, 4.69) is 0 Å². The van der Waals surface area contributed by atoms with E-state index in [1.165, 1.54) is 0 Å². The Kier molecular flexibility index (Phi) is 7.37. The van der Waals surface area contributed by atoms with E-state index in [9.17, 15) is 14.0 Å². The van der Waals surface area contributed by atoms with Crippen molar-refractivity contribution in [1.29, 1.82) is 0 Å². The van der Waals surface area contributed by atoms with Crippen LogP contribution in [0.3, 0.4) is 0 Å². The number of carbonyl (C=O) groups is 2. The molecule has 2 nitrogen and oxygen atoms in total. The lowest BCUT2D eigenvalue weighted by atomic mass is 9.84. The van der Waals surface area contributed by atoms with Gasteiger partial charge in [0.15, 0.2) is 11.6 Å². The monoisotopic (exact) mass is 322 g/mol. The Morgan fingerprint density at radius 2 is 1.22 bits per heavy atom. The Bertz CT molecular complexity index is 518. The van der Waals surface area contributed by atoms with Crippen LogP contribution in [0.25, 0.3) is 0 Å². The van der Waals surface area contributed by atoms with Crippen molar-refractivity contribution in [2.24, 2.45) is 0 Å². The van der Waals surface area contributed by atoms with Gasteiger partial charge in [-0.1, -0.05) is 32.1 Å². The van der Waals surface area contributed by atoms with Crippen molar-refractivity contribution < 1.29 is 14.0 Å². The summed E-state index contributed by atoms with van der Waals surface area (Å²) >= 11 is 0. The molecule has 0 aromatic rings. The molecule has 0 atom stereocenters. The Morgan fingerprint density at radius 1 is 0.739 bits per heavy atom. The summed E-state index contributed by atoms with van der Waals surface area (Å²) in [6.07, 6.45) is 7.52. The number of unbranched alkanes of at least 4 members (excludes halogenated alkanes) is 5. The molecule has 1 aliphatic carbocycles. The van der Waals surface area contributed by atoms with Crippen LogP contribution in [-0.4, -0.2) is 17.2 Å². The Hall–Kier alpha value is -1.25. The minimum Gasteiger partial charge on any atom is -0.289 e. The normalized spacial score (nSPS) is 16.6. The zero-order valence-corrected chi connectivity index (χ0v) is 15.4. The largest absolute Gasteiger partial charge is 0.289 e. The molecule has 23 heavy (non-hydrogen) atoms. The van der Waals surface area contributed by atoms with E-state index in [1.807, 2.05) is 0 Å². The quantitative estimate of drug-likeness (QED) is 0.405. The molecule has 0 saturated carbocycles. The number of Topliss-reactive ketones (excluding diaryl/α,β-unsaturated/α-hetero) is 2. The first kappa shape index (κ1) is 19.8. The molecule has 0 amide bonds. The van der Waals surface area contributed by atoms with Gasteiger partial charge in [-0.05, 0) is 53.9 Å². The van der Waals surface area contributed by atoms with Crippen molar-refractivity contribution in [3.05, 3.63) is 22.3 Å². The molecule has 0 spiro atoms. The average Bonchev–Trinajstić information content (AvgIpc) is 2.47. The fraction of sp³-hybridized carbons (Fsp3) is 0.700. The van der Waals surface area contributed by atoms with Gasteiger partial charge in [-0.3, -0.25) is 9.59 Å². The Morgan fingerprint density at radius 3 is 1.78 bits per heavy atom. The van der Waals surface area contributed by atoms with Crippen molar-refractivity contribution >= 4 is 11.6 Å². The highest BCUT2D eigenvalue weighted by Gasteiger charge is 2.27. The second-order valence-corrected chi connectivity index (χ2v) is 7.35. The minimum absolute atomic E-state index is 0.0194. The molecule has 0 heterocycles. The number of hydrogen-bond donors (Lipinski definition) is 0. The number of rotatable bonds is 9. The van der Waals surface area contributed by atoms with Crippen LogP contribution in [0.2, 0.25) is 0 Å². The van der Waals surface area contributed by atoms with Gasteiger partial charge in [-0.25, -0.2) is 4.39 Å². The molecule has 0 aliphatic heterocycles. The molecule has 0 bridgehead atoms. The molecule has 3 heteroatoms. The van der Waals surface area contributed by atoms with Gasteiger partial charge in [-0.2, -0.15) is 0 Å². The third-order valence-corrected chi connectivity index (χ3v) is 4.76. The second-order valence-electron chi connectivity index (χ2n) is 7.35. The van der Waals surface area contributed by atoms with E-state index >= 15 is 0 Å². The summed E-state index contributed by atoms with van der Waals surface area (Å²) in [6, 6.07) is 0. The van der Waals surface area contributed by atoms with Crippen LogP contribution in [0, 0.1) is 0 Å². The van der Waals surface area contributed by atoms with Crippen LogP contribution in [-0.2, 0) is 9.59 Å². The number of ketones is 2. The number of hydrogen-bond acceptors (Lipinski definition) is 2. The standard InChI is InChI=1S/C20H31FO2/c1-14-15(2)19(23)17(16(3)18(14)22)12-10-8-6-7-9-11-13-20(4,5)21/h6-13H2,1-5H3. The highest BCUT2D eigenvalue weighted by atomic mass is 19.1. The van der Waals surface area contributed by atoms with Gasteiger partial charge < -0.3 is 0 Å². The van der Waals surface area contributed by atoms with Gasteiger partial charge in [0.25, 0.3) is 0 Å². The van der Waals surface area contributed by atoms with Crippen LogP contribution in [0.15, 0.2) is 22.3 Å². The lowest BCUT2D eigenvalue weighted by Crippen LogP contribution is -2.20. The summed E-state index contributed by atoms with van der Waals surface area (Å²) in [6.45, 7) is 8.50. The fourth-order valence-corrected chi connectivity index (χ4v) is 3.01. The van der Waals surface area contributed by atoms with Gasteiger partial charge in [-0.15, -0.1) is 0 Å². The SMILES string of the molecule is CC1=C(C)C(=O)C(CCCCCCCCC(C)(C)F)=C(C)C1=O. The third-order valence-electron chi connectivity index (χ3n) is 4.76. The zero-order valence-electron chi connectivity index (χ0n) is 15.4. The number of halogens is 1. The van der Waals surface area contributed by atoms with E-state index in [0.29, 0.717) is 35.1 Å². The van der Waals surface area contributed by atoms with Gasteiger partial charge in [0, 0.05) is 22.3 Å². The summed E-state index contributed by atoms with van der Waals surface area (Å²) in [4.78, 5) is 24.4. The van der Waals surface area contributed by atoms with Crippen molar-refractivity contribution in [2.45, 2.75) is 91.7 Å². The third kappa shape index (κ3) is 6.04. The molecule has 0 aromatic heterocycles. The second kappa shape index (κ2) is 8.56. The molecule has 0 fully saturated rings. The molecule has 0 N–H and O–H groups in total. The topological polar surface area (TPSA) is 34.1 Å². The predicted molar refractivity (Wildman–Crippen MR) is 93.2 cm³/mol. The van der Waals surface area contributed by atoms with Gasteiger partial charge >= 0.3 is 0 Å². The summed E-state index contributed by atoms with van der Waals surface area (Å²) in [5, 5.41) is 0. The molecule has 1 aliphatic rings. The average molecular weight is 322 g/mol. The van der Waals surface area contributed by atoms with Crippen molar-refractivity contribution in [2.75, 3.05) is 0 Å². The van der Waals surface area contributed by atoms with E-state index in [4.69, 9.17) is 0 Å². The van der Waals surface area contributed by atoms with Crippen LogP contribution >= 0.6 is 0 Å². The molecular weight excluding hydrogens is 291 g/mol. The first-order valence-corrected chi connectivity index (χ1v) is 8.80. The zero-order chi connectivity index (χ0) is 17.6. The van der Waals surface area contributed by atoms with Gasteiger partial charge in [0.2, 0.25) is 0 Å².